The van der Waals surface area contributed by atoms with Gasteiger partial charge >= 0.3 is 5.97 Å². The highest BCUT2D eigenvalue weighted by Crippen LogP contribution is 2.14. The molecule has 5 heteroatoms. The first-order chi connectivity index (χ1) is 10.1. The van der Waals surface area contributed by atoms with E-state index in [2.05, 4.69) is 5.32 Å². The van der Waals surface area contributed by atoms with E-state index in [1.165, 1.54) is 7.11 Å². The molecule has 0 aliphatic carbocycles. The lowest BCUT2D eigenvalue weighted by atomic mass is 10.2. The average Bonchev–Trinajstić information content (AvgIpc) is 2.46. The lowest BCUT2D eigenvalue weighted by molar-refractivity contribution is -0.143. The summed E-state index contributed by atoms with van der Waals surface area (Å²) < 4.78 is 15.6. The van der Waals surface area contributed by atoms with Crippen molar-refractivity contribution in [1.29, 1.82) is 0 Å². The molecule has 5 nitrogen and oxygen atoms in total. The molecule has 0 bridgehead atoms. The van der Waals surface area contributed by atoms with Crippen LogP contribution >= 0.6 is 0 Å². The minimum atomic E-state index is -0.350. The van der Waals surface area contributed by atoms with Crippen LogP contribution in [0, 0.1) is 0 Å². The van der Waals surface area contributed by atoms with E-state index in [-0.39, 0.29) is 18.1 Å². The van der Waals surface area contributed by atoms with Gasteiger partial charge in [-0.1, -0.05) is 26.0 Å². The van der Waals surface area contributed by atoms with Crippen molar-refractivity contribution < 1.29 is 19.0 Å². The number of benzene rings is 1. The predicted molar refractivity (Wildman–Crippen MR) is 81.3 cm³/mol. The van der Waals surface area contributed by atoms with Crippen LogP contribution in [0.1, 0.15) is 25.8 Å². The minimum absolute atomic E-state index is 0.208. The summed E-state index contributed by atoms with van der Waals surface area (Å²) in [7, 11) is 3.05. The SMILES string of the molecule is COCc1cccc(OCCC(NC(C)C)C(=O)OC)c1. The van der Waals surface area contributed by atoms with Crippen molar-refractivity contribution in [2.75, 3.05) is 20.8 Å². The number of carbonyl (C=O) groups excluding carboxylic acids is 1. The van der Waals surface area contributed by atoms with Crippen LogP contribution in [0.15, 0.2) is 24.3 Å². The third-order valence-corrected chi connectivity index (χ3v) is 2.90. The molecule has 0 saturated carbocycles. The van der Waals surface area contributed by atoms with E-state index in [1.54, 1.807) is 7.11 Å². The monoisotopic (exact) mass is 295 g/mol. The number of esters is 1. The van der Waals surface area contributed by atoms with Crippen LogP contribution in [0.3, 0.4) is 0 Å². The maximum atomic E-state index is 11.7. The highest BCUT2D eigenvalue weighted by Gasteiger charge is 2.19. The smallest absolute Gasteiger partial charge is 0.322 e. The standard InChI is InChI=1S/C16H25NO4/c1-12(2)17-15(16(18)20-4)8-9-21-14-7-5-6-13(10-14)11-19-3/h5-7,10,12,15,17H,8-9,11H2,1-4H3. The maximum absolute atomic E-state index is 11.7. The average molecular weight is 295 g/mol. The van der Waals surface area contributed by atoms with Crippen LogP contribution in [0.4, 0.5) is 0 Å². The Labute approximate surface area is 126 Å². The number of rotatable bonds is 9. The fourth-order valence-corrected chi connectivity index (χ4v) is 2.00. The van der Waals surface area contributed by atoms with Crippen LogP contribution in [0.2, 0.25) is 0 Å². The van der Waals surface area contributed by atoms with Crippen LogP contribution in [0.5, 0.6) is 5.75 Å². The van der Waals surface area contributed by atoms with Gasteiger partial charge < -0.3 is 19.5 Å². The molecule has 118 valence electrons. The van der Waals surface area contributed by atoms with Crippen molar-refractivity contribution >= 4 is 5.97 Å². The molecule has 0 amide bonds. The summed E-state index contributed by atoms with van der Waals surface area (Å²) >= 11 is 0. The molecule has 0 radical (unpaired) electrons. The van der Waals surface area contributed by atoms with Crippen molar-refractivity contribution in [2.45, 2.75) is 39.0 Å². The Kier molecular flexibility index (Phi) is 7.79. The van der Waals surface area contributed by atoms with E-state index in [1.807, 2.05) is 38.1 Å². The minimum Gasteiger partial charge on any atom is -0.494 e. The third kappa shape index (κ3) is 6.60. The molecule has 0 saturated heterocycles. The van der Waals surface area contributed by atoms with Crippen molar-refractivity contribution in [3.8, 4) is 5.75 Å². The van der Waals surface area contributed by atoms with Gasteiger partial charge in [0.2, 0.25) is 0 Å². The lowest BCUT2D eigenvalue weighted by Crippen LogP contribution is -2.42. The van der Waals surface area contributed by atoms with Gasteiger partial charge in [-0.2, -0.15) is 0 Å². The number of carbonyl (C=O) groups is 1. The molecule has 0 heterocycles. The molecule has 1 aromatic rings. The molecule has 21 heavy (non-hydrogen) atoms. The van der Waals surface area contributed by atoms with Crippen LogP contribution in [-0.4, -0.2) is 38.9 Å². The summed E-state index contributed by atoms with van der Waals surface area (Å²) in [5.74, 6) is 0.512. The van der Waals surface area contributed by atoms with Gasteiger partial charge in [0.1, 0.15) is 11.8 Å². The van der Waals surface area contributed by atoms with Crippen LogP contribution in [0.25, 0.3) is 0 Å². The van der Waals surface area contributed by atoms with Crippen LogP contribution in [-0.2, 0) is 20.9 Å². The third-order valence-electron chi connectivity index (χ3n) is 2.90. The summed E-state index contributed by atoms with van der Waals surface area (Å²) in [6.45, 7) is 4.98. The predicted octanol–water partition coefficient (Wildman–Crippen LogP) is 2.14. The Bertz CT molecular complexity index is 434. The number of hydrogen-bond acceptors (Lipinski definition) is 5. The number of methoxy groups -OCH3 is 2. The van der Waals surface area contributed by atoms with Gasteiger partial charge in [0, 0.05) is 19.6 Å². The molecule has 0 fully saturated rings. The van der Waals surface area contributed by atoms with E-state index in [0.717, 1.165) is 11.3 Å². The van der Waals surface area contributed by atoms with Crippen molar-refractivity contribution in [2.24, 2.45) is 0 Å². The van der Waals surface area contributed by atoms with Crippen molar-refractivity contribution in [1.82, 2.24) is 5.32 Å². The van der Waals surface area contributed by atoms with E-state index >= 15 is 0 Å². The number of ether oxygens (including phenoxy) is 3. The first-order valence-electron chi connectivity index (χ1n) is 7.11. The molecule has 1 rings (SSSR count). The number of hydrogen-bond donors (Lipinski definition) is 1. The first-order valence-corrected chi connectivity index (χ1v) is 7.11. The van der Waals surface area contributed by atoms with Gasteiger partial charge in [0.05, 0.1) is 20.3 Å². The topological polar surface area (TPSA) is 56.8 Å². The molecule has 1 unspecified atom stereocenters. The first kappa shape index (κ1) is 17.5. The van der Waals surface area contributed by atoms with E-state index < -0.39 is 0 Å². The highest BCUT2D eigenvalue weighted by molar-refractivity contribution is 5.75. The van der Waals surface area contributed by atoms with E-state index in [0.29, 0.717) is 19.6 Å². The second-order valence-corrected chi connectivity index (χ2v) is 5.11. The Hall–Kier alpha value is -1.59. The summed E-state index contributed by atoms with van der Waals surface area (Å²) in [5.41, 5.74) is 1.06. The highest BCUT2D eigenvalue weighted by atomic mass is 16.5. The van der Waals surface area contributed by atoms with Crippen molar-refractivity contribution in [3.63, 3.8) is 0 Å². The maximum Gasteiger partial charge on any atom is 0.322 e. The zero-order valence-corrected chi connectivity index (χ0v) is 13.2. The number of nitrogens with one attached hydrogen (secondary N) is 1. The summed E-state index contributed by atoms with van der Waals surface area (Å²) in [5, 5.41) is 3.17. The molecule has 1 atom stereocenters. The van der Waals surface area contributed by atoms with Gasteiger partial charge in [-0.3, -0.25) is 4.79 Å². The van der Waals surface area contributed by atoms with Gasteiger partial charge in [0.25, 0.3) is 0 Å². The zero-order valence-electron chi connectivity index (χ0n) is 13.2. The van der Waals surface area contributed by atoms with Gasteiger partial charge in [-0.05, 0) is 17.7 Å². The second kappa shape index (κ2) is 9.37. The van der Waals surface area contributed by atoms with Gasteiger partial charge in [-0.25, -0.2) is 0 Å². The molecular formula is C16H25NO4. The molecule has 1 N–H and O–H groups in total. The molecule has 0 spiro atoms. The summed E-state index contributed by atoms with van der Waals surface area (Å²) in [6.07, 6.45) is 0.555. The van der Waals surface area contributed by atoms with Gasteiger partial charge in [-0.15, -0.1) is 0 Å². The molecule has 0 aliphatic rings. The zero-order chi connectivity index (χ0) is 15.7. The fourth-order valence-electron chi connectivity index (χ4n) is 2.00. The van der Waals surface area contributed by atoms with E-state index in [9.17, 15) is 4.79 Å². The second-order valence-electron chi connectivity index (χ2n) is 5.11. The molecule has 0 aromatic heterocycles. The van der Waals surface area contributed by atoms with Crippen molar-refractivity contribution in [3.05, 3.63) is 29.8 Å². The summed E-state index contributed by atoms with van der Waals surface area (Å²) in [4.78, 5) is 11.7. The Balaban J connectivity index is 2.49. The quantitative estimate of drug-likeness (QED) is 0.707. The van der Waals surface area contributed by atoms with Gasteiger partial charge in [0.15, 0.2) is 0 Å². The Morgan fingerprint density at radius 1 is 1.29 bits per heavy atom. The normalized spacial score (nSPS) is 12.2. The molecular weight excluding hydrogens is 270 g/mol. The summed E-state index contributed by atoms with van der Waals surface area (Å²) in [6, 6.07) is 7.59. The molecule has 1 aromatic carbocycles. The Morgan fingerprint density at radius 2 is 2.05 bits per heavy atom. The largest absolute Gasteiger partial charge is 0.494 e. The van der Waals surface area contributed by atoms with E-state index in [4.69, 9.17) is 14.2 Å². The Morgan fingerprint density at radius 3 is 2.67 bits per heavy atom. The lowest BCUT2D eigenvalue weighted by Gasteiger charge is -2.19. The molecule has 0 aliphatic heterocycles. The fraction of sp³-hybridized carbons (Fsp3) is 0.562. The van der Waals surface area contributed by atoms with Crippen LogP contribution < -0.4 is 10.1 Å².